The molecule has 0 saturated heterocycles. The Labute approximate surface area is 194 Å². The number of benzene rings is 2. The van der Waals surface area contributed by atoms with E-state index in [1.165, 1.54) is 4.90 Å². The Balaban J connectivity index is 2.07. The van der Waals surface area contributed by atoms with E-state index < -0.39 is 23.9 Å². The van der Waals surface area contributed by atoms with Gasteiger partial charge in [-0.3, -0.25) is 9.69 Å². The van der Waals surface area contributed by atoms with Crippen LogP contribution in [0.25, 0.3) is 0 Å². The van der Waals surface area contributed by atoms with Crippen LogP contribution in [0.2, 0.25) is 0 Å². The molecule has 0 atom stereocenters. The number of nitrogens with one attached hydrogen (secondary N) is 1. The quantitative estimate of drug-likeness (QED) is 0.493. The van der Waals surface area contributed by atoms with E-state index >= 15 is 0 Å². The maximum absolute atomic E-state index is 12.7. The molecule has 0 fully saturated rings. The summed E-state index contributed by atoms with van der Waals surface area (Å²) in [6.07, 6.45) is -2.28. The van der Waals surface area contributed by atoms with Crippen molar-refractivity contribution in [1.29, 1.82) is 0 Å². The number of rotatable bonds is 4. The van der Waals surface area contributed by atoms with Gasteiger partial charge < -0.3 is 20.3 Å². The number of anilines is 1. The lowest BCUT2D eigenvalue weighted by Crippen LogP contribution is -2.41. The zero-order valence-corrected chi connectivity index (χ0v) is 19.2. The molecule has 7 heteroatoms. The lowest BCUT2D eigenvalue weighted by molar-refractivity contribution is -0.115. The Morgan fingerprint density at radius 1 is 1.00 bits per heavy atom. The molecule has 0 heterocycles. The highest BCUT2D eigenvalue weighted by atomic mass is 16.6. The molecule has 0 aliphatic carbocycles. The second-order valence-electron chi connectivity index (χ2n) is 8.19. The highest BCUT2D eigenvalue weighted by molar-refractivity contribution is 5.94. The number of aliphatic hydroxyl groups excluding tert-OH is 1. The minimum atomic E-state index is -1.72. The van der Waals surface area contributed by atoms with E-state index in [0.29, 0.717) is 11.3 Å². The number of nitrogens with zero attached hydrogens (tertiary/aromatic N) is 1. The van der Waals surface area contributed by atoms with Crippen LogP contribution in [-0.2, 0) is 9.53 Å². The van der Waals surface area contributed by atoms with Gasteiger partial charge in [-0.15, -0.1) is 0 Å². The van der Waals surface area contributed by atoms with Gasteiger partial charge in [0.1, 0.15) is 5.60 Å². The molecule has 0 aliphatic rings. The van der Waals surface area contributed by atoms with Gasteiger partial charge in [0.2, 0.25) is 6.29 Å². The van der Waals surface area contributed by atoms with E-state index in [9.17, 15) is 9.59 Å². The van der Waals surface area contributed by atoms with E-state index in [1.807, 2.05) is 31.2 Å². The number of hydrogen-bond donors (Lipinski definition) is 3. The highest BCUT2D eigenvalue weighted by Crippen LogP contribution is 2.18. The lowest BCUT2D eigenvalue weighted by Gasteiger charge is -2.27. The van der Waals surface area contributed by atoms with Gasteiger partial charge in [0.05, 0.1) is 0 Å². The first kappa shape index (κ1) is 25.5. The van der Waals surface area contributed by atoms with Crippen molar-refractivity contribution in [3.05, 3.63) is 65.2 Å². The van der Waals surface area contributed by atoms with Crippen LogP contribution in [0.5, 0.6) is 0 Å². The van der Waals surface area contributed by atoms with Crippen molar-refractivity contribution in [3.8, 4) is 23.7 Å². The van der Waals surface area contributed by atoms with E-state index in [2.05, 4.69) is 29.0 Å². The first-order valence-corrected chi connectivity index (χ1v) is 10.4. The van der Waals surface area contributed by atoms with Crippen LogP contribution in [-0.4, -0.2) is 47.2 Å². The van der Waals surface area contributed by atoms with Crippen LogP contribution >= 0.6 is 0 Å². The van der Waals surface area contributed by atoms with Gasteiger partial charge in [-0.2, -0.15) is 0 Å². The summed E-state index contributed by atoms with van der Waals surface area (Å²) in [6, 6.07) is 14.1. The zero-order chi connectivity index (χ0) is 24.4. The number of aryl methyl sites for hydroxylation is 1. The van der Waals surface area contributed by atoms with E-state index in [1.54, 1.807) is 45.0 Å². The van der Waals surface area contributed by atoms with Gasteiger partial charge in [0, 0.05) is 35.8 Å². The van der Waals surface area contributed by atoms with E-state index in [4.69, 9.17) is 14.9 Å². The second kappa shape index (κ2) is 11.7. The van der Waals surface area contributed by atoms with Crippen LogP contribution in [0, 0.1) is 30.6 Å². The van der Waals surface area contributed by atoms with Crippen LogP contribution in [0.3, 0.4) is 0 Å². The number of amides is 2. The molecule has 0 aliphatic heterocycles. The summed E-state index contributed by atoms with van der Waals surface area (Å²) in [4.78, 5) is 26.2. The smallest absolute Gasteiger partial charge is 0.414 e. The van der Waals surface area contributed by atoms with Crippen LogP contribution in [0.4, 0.5) is 10.5 Å². The molecule has 172 valence electrons. The maximum Gasteiger partial charge on any atom is 0.414 e. The number of carbonyl (C=O) groups excluding carboxylic acids is 2. The van der Waals surface area contributed by atoms with Crippen molar-refractivity contribution in [3.63, 3.8) is 0 Å². The largest absolute Gasteiger partial charge is 0.443 e. The first-order chi connectivity index (χ1) is 15.5. The molecule has 2 aromatic rings. The molecule has 0 saturated carbocycles. The summed E-state index contributed by atoms with van der Waals surface area (Å²) in [7, 11) is 0. The van der Waals surface area contributed by atoms with Crippen LogP contribution < -0.4 is 10.2 Å². The fraction of sp³-hybridized carbons (Fsp3) is 0.308. The maximum atomic E-state index is 12.7. The standard InChI is InChI=1S/C26H28N2O5/c1-19-5-7-20(8-6-19)11-15-23(29)27-17-18-28(25(32)33-26(2,3)4)22-13-9-21(10-14-22)12-16-24(30)31/h5-10,13-14,24,30-31H,17-18H2,1-4H3,(H,27,29). The lowest BCUT2D eigenvalue weighted by atomic mass is 10.1. The molecule has 0 aromatic heterocycles. The summed E-state index contributed by atoms with van der Waals surface area (Å²) in [6.45, 7) is 7.60. The third kappa shape index (κ3) is 9.49. The van der Waals surface area contributed by atoms with Crippen molar-refractivity contribution < 1.29 is 24.5 Å². The van der Waals surface area contributed by atoms with Gasteiger partial charge in [0.15, 0.2) is 0 Å². The summed E-state index contributed by atoms with van der Waals surface area (Å²) in [5, 5.41) is 20.4. The van der Waals surface area contributed by atoms with Crippen molar-refractivity contribution in [2.45, 2.75) is 39.6 Å². The van der Waals surface area contributed by atoms with Crippen LogP contribution in [0.15, 0.2) is 48.5 Å². The highest BCUT2D eigenvalue weighted by Gasteiger charge is 2.23. The molecule has 7 nitrogen and oxygen atoms in total. The van der Waals surface area contributed by atoms with Gasteiger partial charge in [-0.1, -0.05) is 29.5 Å². The Bertz CT molecular complexity index is 1080. The first-order valence-electron chi connectivity index (χ1n) is 10.4. The predicted molar refractivity (Wildman–Crippen MR) is 126 cm³/mol. The average molecular weight is 449 g/mol. The van der Waals surface area contributed by atoms with E-state index in [0.717, 1.165) is 11.1 Å². The molecule has 2 rings (SSSR count). The molecule has 0 unspecified atom stereocenters. The third-order valence-corrected chi connectivity index (χ3v) is 4.13. The number of carbonyl (C=O) groups is 2. The minimum Gasteiger partial charge on any atom is -0.443 e. The molecule has 2 amide bonds. The van der Waals surface area contributed by atoms with Crippen molar-refractivity contribution in [2.24, 2.45) is 0 Å². The number of hydrogen-bond acceptors (Lipinski definition) is 5. The SMILES string of the molecule is Cc1ccc(C#CC(=O)NCCN(C(=O)OC(C)(C)C)c2ccc(C#CC(O)O)cc2)cc1. The fourth-order valence-electron chi connectivity index (χ4n) is 2.61. The summed E-state index contributed by atoms with van der Waals surface area (Å²) in [5.74, 6) is 9.74. The van der Waals surface area contributed by atoms with Gasteiger partial charge >= 0.3 is 6.09 Å². The van der Waals surface area contributed by atoms with Gasteiger partial charge in [0.25, 0.3) is 5.91 Å². The monoisotopic (exact) mass is 448 g/mol. The van der Waals surface area contributed by atoms with E-state index in [-0.39, 0.29) is 13.1 Å². The Kier molecular flexibility index (Phi) is 9.06. The van der Waals surface area contributed by atoms with Gasteiger partial charge in [-0.25, -0.2) is 4.79 Å². The third-order valence-electron chi connectivity index (χ3n) is 4.13. The van der Waals surface area contributed by atoms with Crippen molar-refractivity contribution in [1.82, 2.24) is 5.32 Å². The predicted octanol–water partition coefficient (Wildman–Crippen LogP) is 2.57. The average Bonchev–Trinajstić information content (AvgIpc) is 2.74. The molecule has 33 heavy (non-hydrogen) atoms. The molecule has 0 bridgehead atoms. The van der Waals surface area contributed by atoms with Crippen LogP contribution in [0.1, 0.15) is 37.5 Å². The number of ether oxygens (including phenoxy) is 1. The summed E-state index contributed by atoms with van der Waals surface area (Å²) < 4.78 is 5.49. The molecule has 0 spiro atoms. The van der Waals surface area contributed by atoms with Gasteiger partial charge in [-0.05, 0) is 70.0 Å². The van der Waals surface area contributed by atoms with Crippen molar-refractivity contribution >= 4 is 17.7 Å². The fourth-order valence-corrected chi connectivity index (χ4v) is 2.61. The molecule has 3 N–H and O–H groups in total. The molecular weight excluding hydrogens is 420 g/mol. The minimum absolute atomic E-state index is 0.160. The zero-order valence-electron chi connectivity index (χ0n) is 19.2. The normalized spacial score (nSPS) is 10.4. The topological polar surface area (TPSA) is 99.1 Å². The Hall–Kier alpha value is -3.78. The summed E-state index contributed by atoms with van der Waals surface area (Å²) in [5.41, 5.74) is 2.25. The Morgan fingerprint density at radius 2 is 1.58 bits per heavy atom. The molecule has 2 aromatic carbocycles. The molecule has 0 radical (unpaired) electrons. The Morgan fingerprint density at radius 3 is 2.15 bits per heavy atom. The second-order valence-corrected chi connectivity index (χ2v) is 8.19. The summed E-state index contributed by atoms with van der Waals surface area (Å²) >= 11 is 0. The number of aliphatic hydroxyl groups is 2. The van der Waals surface area contributed by atoms with Crippen molar-refractivity contribution in [2.75, 3.05) is 18.0 Å². The molecular formula is C26H28N2O5.